The van der Waals surface area contributed by atoms with E-state index in [-0.39, 0.29) is 5.91 Å². The molecule has 108 valence electrons. The van der Waals surface area contributed by atoms with Crippen molar-refractivity contribution in [2.24, 2.45) is 0 Å². The normalized spacial score (nSPS) is 12.4. The molecule has 0 bridgehead atoms. The summed E-state index contributed by atoms with van der Waals surface area (Å²) in [5, 5.41) is 14.7. The van der Waals surface area contributed by atoms with Gasteiger partial charge in [0, 0.05) is 17.0 Å². The largest absolute Gasteiger partial charge is 0.388 e. The van der Waals surface area contributed by atoms with Crippen LogP contribution < -0.4 is 5.32 Å². The quantitative estimate of drug-likeness (QED) is 0.758. The number of hydrogen-bond acceptors (Lipinski definition) is 6. The van der Waals surface area contributed by atoms with E-state index >= 15 is 0 Å². The molecule has 0 fully saturated rings. The SMILES string of the molecule is O=C(NCC[C@H](O)c1cccs1)c1ccc2nsnc2c1. The first-order valence-electron chi connectivity index (χ1n) is 6.46. The zero-order valence-corrected chi connectivity index (χ0v) is 12.7. The number of benzene rings is 1. The number of nitrogens with zero attached hydrogens (tertiary/aromatic N) is 2. The number of amides is 1. The van der Waals surface area contributed by atoms with Crippen LogP contribution in [-0.2, 0) is 0 Å². The summed E-state index contributed by atoms with van der Waals surface area (Å²) >= 11 is 2.64. The van der Waals surface area contributed by atoms with E-state index in [1.165, 1.54) is 11.3 Å². The molecule has 2 aromatic heterocycles. The van der Waals surface area contributed by atoms with Crippen molar-refractivity contribution < 1.29 is 9.90 Å². The van der Waals surface area contributed by atoms with Crippen molar-refractivity contribution in [3.05, 3.63) is 46.2 Å². The molecule has 2 N–H and O–H groups in total. The molecule has 0 aliphatic heterocycles. The number of fused-ring (bicyclic) bond motifs is 1. The second kappa shape index (κ2) is 6.30. The van der Waals surface area contributed by atoms with Crippen molar-refractivity contribution in [3.63, 3.8) is 0 Å². The number of thiophene rings is 1. The minimum absolute atomic E-state index is 0.164. The lowest BCUT2D eigenvalue weighted by atomic mass is 10.1. The van der Waals surface area contributed by atoms with Gasteiger partial charge < -0.3 is 10.4 Å². The highest BCUT2D eigenvalue weighted by atomic mass is 32.1. The molecule has 0 saturated carbocycles. The Balaban J connectivity index is 1.56. The van der Waals surface area contributed by atoms with Crippen molar-refractivity contribution >= 4 is 40.0 Å². The zero-order chi connectivity index (χ0) is 14.7. The maximum absolute atomic E-state index is 12.0. The summed E-state index contributed by atoms with van der Waals surface area (Å²) in [6.45, 7) is 0.422. The monoisotopic (exact) mass is 319 g/mol. The lowest BCUT2D eigenvalue weighted by Gasteiger charge is -2.09. The number of carbonyl (C=O) groups excluding carboxylic acids is 1. The van der Waals surface area contributed by atoms with Crippen molar-refractivity contribution in [1.29, 1.82) is 0 Å². The molecule has 1 atom stereocenters. The van der Waals surface area contributed by atoms with Crippen LogP contribution in [0.2, 0.25) is 0 Å². The Morgan fingerprint density at radius 3 is 2.95 bits per heavy atom. The van der Waals surface area contributed by atoms with Gasteiger partial charge in [-0.25, -0.2) is 0 Å². The predicted molar refractivity (Wildman–Crippen MR) is 83.6 cm³/mol. The molecule has 5 nitrogen and oxygen atoms in total. The molecule has 1 aromatic carbocycles. The van der Waals surface area contributed by atoms with Gasteiger partial charge in [-0.2, -0.15) is 8.75 Å². The Morgan fingerprint density at radius 2 is 2.14 bits per heavy atom. The Bertz CT molecular complexity index is 740. The van der Waals surface area contributed by atoms with Crippen molar-refractivity contribution in [3.8, 4) is 0 Å². The molecular formula is C14H13N3O2S2. The number of nitrogens with one attached hydrogen (secondary N) is 1. The second-order valence-corrected chi connectivity index (χ2v) is 6.05. The summed E-state index contributed by atoms with van der Waals surface area (Å²) in [6.07, 6.45) is -0.0391. The van der Waals surface area contributed by atoms with Crippen molar-refractivity contribution in [1.82, 2.24) is 14.1 Å². The van der Waals surface area contributed by atoms with Gasteiger partial charge in [-0.1, -0.05) is 6.07 Å². The van der Waals surface area contributed by atoms with Crippen LogP contribution in [0.25, 0.3) is 11.0 Å². The van der Waals surface area contributed by atoms with E-state index in [0.29, 0.717) is 18.5 Å². The van der Waals surface area contributed by atoms with Gasteiger partial charge in [0.05, 0.1) is 17.8 Å². The van der Waals surface area contributed by atoms with Crippen LogP contribution in [0.3, 0.4) is 0 Å². The van der Waals surface area contributed by atoms with E-state index in [4.69, 9.17) is 0 Å². The molecule has 0 spiro atoms. The first-order chi connectivity index (χ1) is 10.2. The number of aliphatic hydroxyl groups is 1. The Morgan fingerprint density at radius 1 is 1.29 bits per heavy atom. The molecule has 0 unspecified atom stereocenters. The third-order valence-corrected chi connectivity index (χ3v) is 4.62. The third-order valence-electron chi connectivity index (χ3n) is 3.09. The smallest absolute Gasteiger partial charge is 0.251 e. The Hall–Kier alpha value is -1.83. The fourth-order valence-corrected chi connectivity index (χ4v) is 3.23. The molecular weight excluding hydrogens is 306 g/mol. The van der Waals surface area contributed by atoms with Crippen LogP contribution in [0.4, 0.5) is 0 Å². The Kier molecular flexibility index (Phi) is 4.23. The first-order valence-corrected chi connectivity index (χ1v) is 8.07. The van der Waals surface area contributed by atoms with Crippen LogP contribution >= 0.6 is 23.1 Å². The molecule has 0 aliphatic carbocycles. The van der Waals surface area contributed by atoms with Crippen molar-refractivity contribution in [2.75, 3.05) is 6.54 Å². The van der Waals surface area contributed by atoms with E-state index < -0.39 is 6.10 Å². The summed E-state index contributed by atoms with van der Waals surface area (Å²) in [7, 11) is 0. The Labute approximate surface area is 129 Å². The number of aromatic nitrogens is 2. The molecule has 0 saturated heterocycles. The number of aliphatic hydroxyl groups excluding tert-OH is 1. The zero-order valence-electron chi connectivity index (χ0n) is 11.0. The summed E-state index contributed by atoms with van der Waals surface area (Å²) in [5.41, 5.74) is 2.08. The van der Waals surface area contributed by atoms with Gasteiger partial charge in [0.15, 0.2) is 0 Å². The van der Waals surface area contributed by atoms with Gasteiger partial charge in [-0.05, 0) is 36.1 Å². The van der Waals surface area contributed by atoms with E-state index in [1.807, 2.05) is 17.5 Å². The summed E-state index contributed by atoms with van der Waals surface area (Å²) in [4.78, 5) is 13.0. The van der Waals surface area contributed by atoms with E-state index in [2.05, 4.69) is 14.1 Å². The first kappa shape index (κ1) is 14.1. The minimum atomic E-state index is -0.532. The molecule has 0 radical (unpaired) electrons. The average molecular weight is 319 g/mol. The second-order valence-electron chi connectivity index (χ2n) is 4.54. The number of carbonyl (C=O) groups is 1. The van der Waals surface area contributed by atoms with Gasteiger partial charge in [0.1, 0.15) is 11.0 Å². The maximum Gasteiger partial charge on any atom is 0.251 e. The molecule has 1 amide bonds. The fourth-order valence-electron chi connectivity index (χ4n) is 1.97. The molecule has 21 heavy (non-hydrogen) atoms. The predicted octanol–water partition coefficient (Wildman–Crippen LogP) is 2.61. The minimum Gasteiger partial charge on any atom is -0.388 e. The van der Waals surface area contributed by atoms with Gasteiger partial charge in [-0.15, -0.1) is 11.3 Å². The lowest BCUT2D eigenvalue weighted by molar-refractivity contribution is 0.0943. The highest BCUT2D eigenvalue weighted by molar-refractivity contribution is 7.10. The van der Waals surface area contributed by atoms with Crippen LogP contribution in [-0.4, -0.2) is 26.3 Å². The summed E-state index contributed by atoms with van der Waals surface area (Å²) in [6, 6.07) is 9.03. The van der Waals surface area contributed by atoms with Crippen LogP contribution in [0, 0.1) is 0 Å². The molecule has 2 heterocycles. The topological polar surface area (TPSA) is 75.1 Å². The van der Waals surface area contributed by atoms with Gasteiger partial charge in [-0.3, -0.25) is 4.79 Å². The molecule has 0 aliphatic rings. The molecule has 3 rings (SSSR count). The summed E-state index contributed by atoms with van der Waals surface area (Å²) in [5.74, 6) is -0.164. The molecule has 3 aromatic rings. The standard InChI is InChI=1S/C14H13N3O2S2/c18-12(13-2-1-7-20-13)5-6-15-14(19)9-3-4-10-11(8-9)17-21-16-10/h1-4,7-8,12,18H,5-6H2,(H,15,19)/t12-/m0/s1. The van der Waals surface area contributed by atoms with E-state index in [9.17, 15) is 9.90 Å². The average Bonchev–Trinajstić information content (AvgIpc) is 3.17. The number of rotatable bonds is 5. The highest BCUT2D eigenvalue weighted by Gasteiger charge is 2.11. The van der Waals surface area contributed by atoms with E-state index in [0.717, 1.165) is 27.6 Å². The van der Waals surface area contributed by atoms with Gasteiger partial charge in [0.25, 0.3) is 5.91 Å². The van der Waals surface area contributed by atoms with Crippen LogP contribution in [0.1, 0.15) is 27.8 Å². The van der Waals surface area contributed by atoms with Crippen LogP contribution in [0.15, 0.2) is 35.7 Å². The number of hydrogen-bond donors (Lipinski definition) is 2. The van der Waals surface area contributed by atoms with Crippen LogP contribution in [0.5, 0.6) is 0 Å². The third kappa shape index (κ3) is 3.26. The van der Waals surface area contributed by atoms with Crippen molar-refractivity contribution in [2.45, 2.75) is 12.5 Å². The summed E-state index contributed by atoms with van der Waals surface area (Å²) < 4.78 is 8.22. The highest BCUT2D eigenvalue weighted by Crippen LogP contribution is 2.21. The van der Waals surface area contributed by atoms with Gasteiger partial charge >= 0.3 is 0 Å². The fraction of sp³-hybridized carbons (Fsp3) is 0.214. The van der Waals surface area contributed by atoms with Gasteiger partial charge in [0.2, 0.25) is 0 Å². The van der Waals surface area contributed by atoms with E-state index in [1.54, 1.807) is 18.2 Å². The lowest BCUT2D eigenvalue weighted by Crippen LogP contribution is -2.25. The molecule has 7 heteroatoms. The maximum atomic E-state index is 12.0.